The number of halogens is 1. The minimum atomic E-state index is 0.234. The molecule has 3 aromatic carbocycles. The van der Waals surface area contributed by atoms with Gasteiger partial charge in [-0.25, -0.2) is 9.50 Å². The number of azo groups is 1. The summed E-state index contributed by atoms with van der Waals surface area (Å²) < 4.78 is 7.91. The SMILES string of the molecule is Nc1nn2c(-c3ccc(N4CCCCC4)cc3)cc(-c3cc4ccccc4o3)nc2c1N=Nc1ccc(Cl)cc1. The maximum absolute atomic E-state index is 6.38. The molecular formula is C31H26ClN7O. The molecule has 6 aromatic rings. The third-order valence-corrected chi connectivity index (χ3v) is 7.50. The molecular weight excluding hydrogens is 522 g/mol. The third kappa shape index (κ3) is 4.56. The van der Waals surface area contributed by atoms with Gasteiger partial charge in [0.1, 0.15) is 11.3 Å². The smallest absolute Gasteiger partial charge is 0.186 e. The molecule has 0 bridgehead atoms. The van der Waals surface area contributed by atoms with Crippen molar-refractivity contribution in [1.29, 1.82) is 0 Å². The molecule has 1 aliphatic heterocycles. The van der Waals surface area contributed by atoms with Crippen molar-refractivity contribution in [2.75, 3.05) is 23.7 Å². The van der Waals surface area contributed by atoms with Gasteiger partial charge in [-0.1, -0.05) is 41.9 Å². The van der Waals surface area contributed by atoms with E-state index in [1.807, 2.05) is 36.4 Å². The van der Waals surface area contributed by atoms with E-state index >= 15 is 0 Å². The first-order chi connectivity index (χ1) is 19.6. The zero-order valence-corrected chi connectivity index (χ0v) is 22.4. The minimum absolute atomic E-state index is 0.234. The Morgan fingerprint density at radius 1 is 0.850 bits per heavy atom. The predicted molar refractivity (Wildman–Crippen MR) is 160 cm³/mol. The second-order valence-corrected chi connectivity index (χ2v) is 10.4. The van der Waals surface area contributed by atoms with Crippen LogP contribution in [0.1, 0.15) is 19.3 Å². The topological polar surface area (TPSA) is 97.3 Å². The molecule has 0 amide bonds. The van der Waals surface area contributed by atoms with Gasteiger partial charge < -0.3 is 15.1 Å². The molecule has 0 unspecified atom stereocenters. The first-order valence-electron chi connectivity index (χ1n) is 13.3. The molecule has 0 aliphatic carbocycles. The van der Waals surface area contributed by atoms with Crippen LogP contribution < -0.4 is 10.6 Å². The van der Waals surface area contributed by atoms with Gasteiger partial charge in [-0.05, 0) is 73.9 Å². The lowest BCUT2D eigenvalue weighted by Gasteiger charge is -2.28. The summed E-state index contributed by atoms with van der Waals surface area (Å²) in [6.07, 6.45) is 3.76. The summed E-state index contributed by atoms with van der Waals surface area (Å²) in [5, 5.41) is 15.1. The van der Waals surface area contributed by atoms with Crippen LogP contribution in [0, 0.1) is 0 Å². The van der Waals surface area contributed by atoms with Gasteiger partial charge in [0.15, 0.2) is 22.9 Å². The van der Waals surface area contributed by atoms with Crippen LogP contribution in [0.25, 0.3) is 39.3 Å². The molecule has 1 saturated heterocycles. The number of nitrogen functional groups attached to an aromatic ring is 1. The van der Waals surface area contributed by atoms with E-state index in [1.165, 1.54) is 24.9 Å². The van der Waals surface area contributed by atoms with Gasteiger partial charge in [0.25, 0.3) is 0 Å². The Balaban J connectivity index is 1.37. The average Bonchev–Trinajstić information content (AvgIpc) is 3.57. The number of fused-ring (bicyclic) bond motifs is 2. The van der Waals surface area contributed by atoms with Crippen LogP contribution in [-0.2, 0) is 0 Å². The highest BCUT2D eigenvalue weighted by atomic mass is 35.5. The Hall–Kier alpha value is -4.69. The zero-order valence-electron chi connectivity index (χ0n) is 21.7. The van der Waals surface area contributed by atoms with Crippen LogP contribution in [0.5, 0.6) is 0 Å². The predicted octanol–water partition coefficient (Wildman–Crippen LogP) is 8.45. The van der Waals surface area contributed by atoms with Crippen LogP contribution in [0.3, 0.4) is 0 Å². The maximum atomic E-state index is 6.38. The number of nitrogens with zero attached hydrogens (tertiary/aromatic N) is 6. The number of furan rings is 1. The van der Waals surface area contributed by atoms with Gasteiger partial charge in [-0.3, -0.25) is 0 Å². The lowest BCUT2D eigenvalue weighted by molar-refractivity contribution is 0.578. The largest absolute Gasteiger partial charge is 0.454 e. The molecule has 3 aromatic heterocycles. The fourth-order valence-corrected chi connectivity index (χ4v) is 5.30. The molecule has 0 saturated carbocycles. The summed E-state index contributed by atoms with van der Waals surface area (Å²) in [7, 11) is 0. The minimum Gasteiger partial charge on any atom is -0.454 e. The zero-order chi connectivity index (χ0) is 27.1. The summed E-state index contributed by atoms with van der Waals surface area (Å²) in [5.74, 6) is 0.883. The molecule has 0 radical (unpaired) electrons. The highest BCUT2D eigenvalue weighted by Crippen LogP contribution is 2.36. The summed E-state index contributed by atoms with van der Waals surface area (Å²) in [5.41, 5.74) is 12.4. The average molecular weight is 548 g/mol. The Labute approximate surface area is 235 Å². The van der Waals surface area contributed by atoms with E-state index in [4.69, 9.17) is 26.7 Å². The Kier molecular flexibility index (Phi) is 6.17. The van der Waals surface area contributed by atoms with Crippen molar-refractivity contribution < 1.29 is 4.42 Å². The monoisotopic (exact) mass is 547 g/mol. The summed E-state index contributed by atoms with van der Waals surface area (Å²) >= 11 is 6.02. The van der Waals surface area contributed by atoms with E-state index in [0.29, 0.717) is 33.5 Å². The molecule has 1 fully saturated rings. The highest BCUT2D eigenvalue weighted by molar-refractivity contribution is 6.30. The molecule has 198 valence electrons. The molecule has 2 N–H and O–H groups in total. The Morgan fingerprint density at radius 3 is 2.40 bits per heavy atom. The van der Waals surface area contributed by atoms with Crippen molar-refractivity contribution in [2.24, 2.45) is 10.2 Å². The van der Waals surface area contributed by atoms with Gasteiger partial charge in [0.05, 0.1) is 11.4 Å². The van der Waals surface area contributed by atoms with E-state index in [2.05, 4.69) is 44.5 Å². The quantitative estimate of drug-likeness (QED) is 0.218. The van der Waals surface area contributed by atoms with Crippen molar-refractivity contribution in [3.63, 3.8) is 0 Å². The molecule has 40 heavy (non-hydrogen) atoms. The standard InChI is InChI=1S/C31H26ClN7O/c32-22-10-12-23(13-11-22)35-36-29-30(33)37-39-26(20-8-14-24(15-9-20)38-16-4-1-5-17-38)19-25(34-31(29)39)28-18-21-6-2-3-7-27(21)40-28/h2-3,6-15,18-19H,1,4-5,16-17H2,(H2,33,37). The van der Waals surface area contributed by atoms with Crippen LogP contribution in [-0.4, -0.2) is 27.7 Å². The molecule has 0 atom stereocenters. The lowest BCUT2D eigenvalue weighted by atomic mass is 10.1. The normalized spacial score (nSPS) is 14.1. The number of benzene rings is 3. The van der Waals surface area contributed by atoms with Gasteiger partial charge in [-0.15, -0.1) is 10.2 Å². The molecule has 8 nitrogen and oxygen atoms in total. The molecule has 7 rings (SSSR count). The van der Waals surface area contributed by atoms with Gasteiger partial charge in [-0.2, -0.15) is 5.11 Å². The number of hydrogen-bond donors (Lipinski definition) is 1. The fraction of sp³-hybridized carbons (Fsp3) is 0.161. The van der Waals surface area contributed by atoms with E-state index in [9.17, 15) is 0 Å². The van der Waals surface area contributed by atoms with Crippen molar-refractivity contribution in [3.8, 4) is 22.7 Å². The third-order valence-electron chi connectivity index (χ3n) is 7.25. The van der Waals surface area contributed by atoms with Crippen LogP contribution in [0.15, 0.2) is 99.6 Å². The van der Waals surface area contributed by atoms with Crippen LogP contribution in [0.4, 0.5) is 22.9 Å². The molecule has 4 heterocycles. The van der Waals surface area contributed by atoms with Crippen molar-refractivity contribution in [3.05, 3.63) is 90.0 Å². The van der Waals surface area contributed by atoms with Gasteiger partial charge in [0, 0.05) is 34.7 Å². The molecule has 0 spiro atoms. The number of rotatable bonds is 5. The Bertz CT molecular complexity index is 1820. The Morgan fingerprint density at radius 2 is 1.62 bits per heavy atom. The summed E-state index contributed by atoms with van der Waals surface area (Å²) in [4.78, 5) is 7.35. The number of piperidine rings is 1. The van der Waals surface area contributed by atoms with Crippen molar-refractivity contribution in [2.45, 2.75) is 19.3 Å². The fourth-order valence-electron chi connectivity index (χ4n) is 5.17. The maximum Gasteiger partial charge on any atom is 0.186 e. The lowest BCUT2D eigenvalue weighted by Crippen LogP contribution is -2.29. The van der Waals surface area contributed by atoms with Crippen molar-refractivity contribution >= 4 is 51.1 Å². The molecule has 1 aliphatic rings. The first-order valence-corrected chi connectivity index (χ1v) is 13.7. The summed E-state index contributed by atoms with van der Waals surface area (Å²) in [6.45, 7) is 2.18. The van der Waals surface area contributed by atoms with Crippen molar-refractivity contribution in [1.82, 2.24) is 14.6 Å². The van der Waals surface area contributed by atoms with E-state index in [-0.39, 0.29) is 5.82 Å². The van der Waals surface area contributed by atoms with Gasteiger partial charge in [0.2, 0.25) is 0 Å². The van der Waals surface area contributed by atoms with E-state index in [1.54, 1.807) is 28.8 Å². The second kappa shape index (κ2) is 10.1. The second-order valence-electron chi connectivity index (χ2n) is 9.92. The molecule has 9 heteroatoms. The number of anilines is 2. The number of hydrogen-bond acceptors (Lipinski definition) is 7. The van der Waals surface area contributed by atoms with Crippen LogP contribution >= 0.6 is 11.6 Å². The first kappa shape index (κ1) is 24.4. The number of para-hydroxylation sites is 1. The van der Waals surface area contributed by atoms with E-state index in [0.717, 1.165) is 35.3 Å². The van der Waals surface area contributed by atoms with E-state index < -0.39 is 0 Å². The van der Waals surface area contributed by atoms with Gasteiger partial charge >= 0.3 is 0 Å². The highest BCUT2D eigenvalue weighted by Gasteiger charge is 2.20. The van der Waals surface area contributed by atoms with Crippen LogP contribution in [0.2, 0.25) is 5.02 Å². The number of nitrogens with two attached hydrogens (primary N) is 1. The summed E-state index contributed by atoms with van der Waals surface area (Å²) in [6, 6.07) is 27.5. The number of aromatic nitrogens is 3.